The number of carboxylic acid groups (broad SMARTS) is 1. The van der Waals surface area contributed by atoms with Gasteiger partial charge in [0, 0.05) is 4.88 Å². The SMILES string of the molecule is O=C(O)c1cccc2c1NC(c1cccs1)C(=O)N2. The Morgan fingerprint density at radius 1 is 1.26 bits per heavy atom. The Bertz CT molecular complexity index is 652. The van der Waals surface area contributed by atoms with Crippen molar-refractivity contribution >= 4 is 34.6 Å². The molecule has 1 aromatic carbocycles. The van der Waals surface area contributed by atoms with Gasteiger partial charge in [-0.05, 0) is 23.6 Å². The average Bonchev–Trinajstić information content (AvgIpc) is 2.90. The smallest absolute Gasteiger partial charge is 0.337 e. The highest BCUT2D eigenvalue weighted by molar-refractivity contribution is 7.10. The molecule has 1 unspecified atom stereocenters. The van der Waals surface area contributed by atoms with E-state index >= 15 is 0 Å². The zero-order valence-corrected chi connectivity index (χ0v) is 10.5. The minimum Gasteiger partial charge on any atom is -0.478 e. The van der Waals surface area contributed by atoms with Crippen molar-refractivity contribution in [1.29, 1.82) is 0 Å². The highest BCUT2D eigenvalue weighted by atomic mass is 32.1. The van der Waals surface area contributed by atoms with Gasteiger partial charge in [-0.3, -0.25) is 4.79 Å². The molecular formula is C13H10N2O3S. The fourth-order valence-corrected chi connectivity index (χ4v) is 2.83. The molecule has 0 spiro atoms. The molecule has 3 rings (SSSR count). The van der Waals surface area contributed by atoms with Crippen molar-refractivity contribution in [3.05, 3.63) is 46.2 Å². The molecule has 96 valence electrons. The highest BCUT2D eigenvalue weighted by Crippen LogP contribution is 2.36. The summed E-state index contributed by atoms with van der Waals surface area (Å²) in [7, 11) is 0. The number of thiophene rings is 1. The molecule has 1 aliphatic heterocycles. The van der Waals surface area contributed by atoms with Crippen molar-refractivity contribution in [2.75, 3.05) is 10.6 Å². The second kappa shape index (κ2) is 4.40. The average molecular weight is 274 g/mol. The lowest BCUT2D eigenvalue weighted by atomic mass is 10.1. The van der Waals surface area contributed by atoms with E-state index in [1.165, 1.54) is 17.4 Å². The largest absolute Gasteiger partial charge is 0.478 e. The van der Waals surface area contributed by atoms with E-state index in [4.69, 9.17) is 0 Å². The van der Waals surface area contributed by atoms with Gasteiger partial charge in [0.1, 0.15) is 6.04 Å². The molecule has 3 N–H and O–H groups in total. The number of nitrogens with one attached hydrogen (secondary N) is 2. The fraction of sp³-hybridized carbons (Fsp3) is 0.0769. The molecule has 1 atom stereocenters. The molecule has 6 heteroatoms. The maximum absolute atomic E-state index is 12.0. The molecule has 0 radical (unpaired) electrons. The number of rotatable bonds is 2. The number of anilines is 2. The van der Waals surface area contributed by atoms with Crippen LogP contribution in [0, 0.1) is 0 Å². The number of fused-ring (bicyclic) bond motifs is 1. The van der Waals surface area contributed by atoms with E-state index in [1.807, 2.05) is 17.5 Å². The molecule has 19 heavy (non-hydrogen) atoms. The molecular weight excluding hydrogens is 264 g/mol. The Hall–Kier alpha value is -2.34. The summed E-state index contributed by atoms with van der Waals surface area (Å²) in [6.07, 6.45) is 0. The van der Waals surface area contributed by atoms with Crippen LogP contribution in [0.3, 0.4) is 0 Å². The van der Waals surface area contributed by atoms with Gasteiger partial charge in [0.25, 0.3) is 5.91 Å². The Kier molecular flexibility index (Phi) is 2.72. The summed E-state index contributed by atoms with van der Waals surface area (Å²) in [6, 6.07) is 7.95. The molecule has 5 nitrogen and oxygen atoms in total. The lowest BCUT2D eigenvalue weighted by molar-refractivity contribution is -0.117. The number of carbonyl (C=O) groups is 2. The maximum Gasteiger partial charge on any atom is 0.337 e. The summed E-state index contributed by atoms with van der Waals surface area (Å²) in [5.41, 5.74) is 1.10. The van der Waals surface area contributed by atoms with Crippen LogP contribution in [-0.4, -0.2) is 17.0 Å². The number of hydrogen-bond donors (Lipinski definition) is 3. The van der Waals surface area contributed by atoms with Crippen LogP contribution in [0.4, 0.5) is 11.4 Å². The second-order valence-electron chi connectivity index (χ2n) is 4.12. The van der Waals surface area contributed by atoms with Gasteiger partial charge in [-0.2, -0.15) is 0 Å². The molecule has 0 bridgehead atoms. The van der Waals surface area contributed by atoms with Crippen LogP contribution in [0.15, 0.2) is 35.7 Å². The topological polar surface area (TPSA) is 78.4 Å². The van der Waals surface area contributed by atoms with Gasteiger partial charge in [0.05, 0.1) is 16.9 Å². The number of amides is 1. The third kappa shape index (κ3) is 1.96. The summed E-state index contributed by atoms with van der Waals surface area (Å²) in [5, 5.41) is 16.8. The first-order chi connectivity index (χ1) is 9.16. The summed E-state index contributed by atoms with van der Waals surface area (Å²) >= 11 is 1.45. The van der Waals surface area contributed by atoms with E-state index in [-0.39, 0.29) is 11.5 Å². The fourth-order valence-electron chi connectivity index (χ4n) is 2.06. The van der Waals surface area contributed by atoms with Crippen LogP contribution in [0.1, 0.15) is 21.3 Å². The van der Waals surface area contributed by atoms with Gasteiger partial charge in [-0.25, -0.2) is 4.79 Å². The van der Waals surface area contributed by atoms with E-state index in [9.17, 15) is 14.7 Å². The minimum atomic E-state index is -1.02. The molecule has 1 aromatic heterocycles. The summed E-state index contributed by atoms with van der Waals surface area (Å²) in [5.74, 6) is -1.21. The van der Waals surface area contributed by atoms with Gasteiger partial charge in [0.15, 0.2) is 0 Å². The van der Waals surface area contributed by atoms with Gasteiger partial charge in [0.2, 0.25) is 0 Å². The highest BCUT2D eigenvalue weighted by Gasteiger charge is 2.30. The minimum absolute atomic E-state index is 0.152. The van der Waals surface area contributed by atoms with E-state index in [0.717, 1.165) is 4.88 Å². The summed E-state index contributed by atoms with van der Waals surface area (Å²) < 4.78 is 0. The van der Waals surface area contributed by atoms with Crippen LogP contribution in [0.5, 0.6) is 0 Å². The zero-order valence-electron chi connectivity index (χ0n) is 9.71. The van der Waals surface area contributed by atoms with Crippen molar-refractivity contribution in [2.45, 2.75) is 6.04 Å². The zero-order chi connectivity index (χ0) is 13.4. The van der Waals surface area contributed by atoms with E-state index in [1.54, 1.807) is 12.1 Å². The first kappa shape index (κ1) is 11.7. The summed E-state index contributed by atoms with van der Waals surface area (Å²) in [4.78, 5) is 24.1. The lowest BCUT2D eigenvalue weighted by Gasteiger charge is -2.27. The first-order valence-corrected chi connectivity index (χ1v) is 6.52. The molecule has 0 fully saturated rings. The van der Waals surface area contributed by atoms with Crippen molar-refractivity contribution < 1.29 is 14.7 Å². The van der Waals surface area contributed by atoms with Crippen LogP contribution in [-0.2, 0) is 4.79 Å². The normalized spacial score (nSPS) is 17.3. The van der Waals surface area contributed by atoms with Crippen LogP contribution >= 0.6 is 11.3 Å². The predicted molar refractivity (Wildman–Crippen MR) is 72.7 cm³/mol. The number of para-hydroxylation sites is 1. The van der Waals surface area contributed by atoms with Gasteiger partial charge >= 0.3 is 5.97 Å². The molecule has 0 aliphatic carbocycles. The van der Waals surface area contributed by atoms with E-state index < -0.39 is 12.0 Å². The van der Waals surface area contributed by atoms with Crippen LogP contribution in [0.25, 0.3) is 0 Å². The molecule has 2 aromatic rings. The maximum atomic E-state index is 12.0. The van der Waals surface area contributed by atoms with Gasteiger partial charge in [-0.15, -0.1) is 11.3 Å². The Morgan fingerprint density at radius 2 is 2.11 bits per heavy atom. The standard InChI is InChI=1S/C13H10N2O3S/c16-12-11(9-5-2-6-19-9)15-10-7(13(17)18)3-1-4-8(10)14-12/h1-6,11,15H,(H,14,16)(H,17,18). The number of benzene rings is 1. The van der Waals surface area contributed by atoms with Crippen LogP contribution in [0.2, 0.25) is 0 Å². The van der Waals surface area contributed by atoms with Crippen molar-refractivity contribution in [3.8, 4) is 0 Å². The van der Waals surface area contributed by atoms with Crippen molar-refractivity contribution in [1.82, 2.24) is 0 Å². The third-order valence-electron chi connectivity index (χ3n) is 2.93. The Morgan fingerprint density at radius 3 is 2.79 bits per heavy atom. The van der Waals surface area contributed by atoms with Crippen molar-refractivity contribution in [3.63, 3.8) is 0 Å². The molecule has 2 heterocycles. The molecule has 1 amide bonds. The summed E-state index contributed by atoms with van der Waals surface area (Å²) in [6.45, 7) is 0. The Balaban J connectivity index is 2.06. The number of aromatic carboxylic acids is 1. The number of carbonyl (C=O) groups excluding carboxylic acids is 1. The van der Waals surface area contributed by atoms with Crippen LogP contribution < -0.4 is 10.6 Å². The van der Waals surface area contributed by atoms with E-state index in [0.29, 0.717) is 11.4 Å². The lowest BCUT2D eigenvalue weighted by Crippen LogP contribution is -2.32. The molecule has 0 saturated heterocycles. The van der Waals surface area contributed by atoms with Crippen molar-refractivity contribution in [2.24, 2.45) is 0 Å². The second-order valence-corrected chi connectivity index (χ2v) is 5.09. The number of carboxylic acids is 1. The van der Waals surface area contributed by atoms with Gasteiger partial charge < -0.3 is 15.7 Å². The molecule has 1 aliphatic rings. The first-order valence-electron chi connectivity index (χ1n) is 5.64. The Labute approximate surface area is 112 Å². The monoisotopic (exact) mass is 274 g/mol. The third-order valence-corrected chi connectivity index (χ3v) is 3.87. The quantitative estimate of drug-likeness (QED) is 0.786. The van der Waals surface area contributed by atoms with Gasteiger partial charge in [-0.1, -0.05) is 12.1 Å². The predicted octanol–water partition coefficient (Wildman–Crippen LogP) is 2.55. The number of hydrogen-bond acceptors (Lipinski definition) is 4. The van der Waals surface area contributed by atoms with E-state index in [2.05, 4.69) is 10.6 Å². The molecule has 0 saturated carbocycles.